The van der Waals surface area contributed by atoms with Gasteiger partial charge in [0.2, 0.25) is 0 Å². The molecule has 0 aliphatic heterocycles. The Morgan fingerprint density at radius 2 is 1.53 bits per heavy atom. The van der Waals surface area contributed by atoms with Gasteiger partial charge in [0.1, 0.15) is 11.7 Å². The number of aryl methyl sites for hydroxylation is 1. The van der Waals surface area contributed by atoms with Crippen molar-refractivity contribution in [2.75, 3.05) is 0 Å². The van der Waals surface area contributed by atoms with E-state index in [0.717, 1.165) is 56.1 Å². The lowest BCUT2D eigenvalue weighted by atomic mass is 9.92. The zero-order valence-electron chi connectivity index (χ0n) is 21.7. The summed E-state index contributed by atoms with van der Waals surface area (Å²) in [5, 5.41) is 11.0. The van der Waals surface area contributed by atoms with E-state index in [4.69, 9.17) is 9.47 Å². The van der Waals surface area contributed by atoms with Gasteiger partial charge in [-0.3, -0.25) is 9.59 Å². The van der Waals surface area contributed by atoms with Crippen LogP contribution in [0.2, 0.25) is 0 Å². The Morgan fingerprint density at radius 3 is 2.12 bits per heavy atom. The average molecular weight is 476 g/mol. The summed E-state index contributed by atoms with van der Waals surface area (Å²) >= 11 is 0. The number of carboxylic acid groups (broad SMARTS) is 1. The molecule has 192 valence electrons. The van der Waals surface area contributed by atoms with Gasteiger partial charge in [-0.1, -0.05) is 44.0 Å². The predicted octanol–water partition coefficient (Wildman–Crippen LogP) is 4.94. The van der Waals surface area contributed by atoms with E-state index in [1.807, 2.05) is 45.0 Å². The van der Waals surface area contributed by atoms with Crippen molar-refractivity contribution >= 4 is 17.9 Å². The molecule has 2 unspecified atom stereocenters. The van der Waals surface area contributed by atoms with E-state index in [9.17, 15) is 19.5 Å². The third kappa shape index (κ3) is 13.4. The molecular weight excluding hydrogens is 432 g/mol. The van der Waals surface area contributed by atoms with Gasteiger partial charge >= 0.3 is 11.9 Å². The number of aliphatic carboxylic acids is 1. The quantitative estimate of drug-likeness (QED) is 0.248. The van der Waals surface area contributed by atoms with Gasteiger partial charge < -0.3 is 19.4 Å². The molecule has 2 atom stereocenters. The van der Waals surface area contributed by atoms with Gasteiger partial charge in [-0.25, -0.2) is 0 Å². The van der Waals surface area contributed by atoms with Crippen molar-refractivity contribution in [2.24, 2.45) is 5.92 Å². The average Bonchev–Trinajstić information content (AvgIpc) is 2.71. The SMILES string of the molecule is CCCCCC(CCCC(CCCc1ccccc1CC(=O)[O-])C(=O)OC(C)(C)C)OC(C)=O. The normalized spacial score (nSPS) is 13.2. The number of esters is 2. The maximum Gasteiger partial charge on any atom is 0.309 e. The summed E-state index contributed by atoms with van der Waals surface area (Å²) in [6.45, 7) is 9.17. The highest BCUT2D eigenvalue weighted by Gasteiger charge is 2.25. The number of carbonyl (C=O) groups excluding carboxylic acids is 3. The van der Waals surface area contributed by atoms with Crippen LogP contribution in [0.5, 0.6) is 0 Å². The van der Waals surface area contributed by atoms with E-state index in [1.165, 1.54) is 6.92 Å². The summed E-state index contributed by atoms with van der Waals surface area (Å²) in [6, 6.07) is 7.46. The van der Waals surface area contributed by atoms with Crippen molar-refractivity contribution in [1.29, 1.82) is 0 Å². The number of carboxylic acids is 1. The minimum Gasteiger partial charge on any atom is -0.550 e. The summed E-state index contributed by atoms with van der Waals surface area (Å²) in [7, 11) is 0. The van der Waals surface area contributed by atoms with Crippen LogP contribution in [0.4, 0.5) is 0 Å². The maximum atomic E-state index is 12.9. The van der Waals surface area contributed by atoms with Crippen molar-refractivity contribution in [3.8, 4) is 0 Å². The maximum absolute atomic E-state index is 12.9. The molecule has 0 saturated heterocycles. The monoisotopic (exact) mass is 475 g/mol. The van der Waals surface area contributed by atoms with Crippen LogP contribution in [-0.2, 0) is 36.7 Å². The standard InChI is InChI=1S/C28H44O6/c1-6-7-8-18-25(33-21(2)29)19-12-17-23(27(32)34-28(3,4)5)16-11-15-22-13-9-10-14-24(22)20-26(30)31/h9-10,13-14,23,25H,6-8,11-12,15-20H2,1-5H3,(H,30,31)/p-1. The van der Waals surface area contributed by atoms with Crippen molar-refractivity contribution < 1.29 is 29.0 Å². The molecule has 0 heterocycles. The van der Waals surface area contributed by atoms with E-state index in [0.29, 0.717) is 19.3 Å². The van der Waals surface area contributed by atoms with Crippen LogP contribution in [0, 0.1) is 5.92 Å². The first-order valence-corrected chi connectivity index (χ1v) is 12.7. The third-order valence-corrected chi connectivity index (χ3v) is 5.73. The summed E-state index contributed by atoms with van der Waals surface area (Å²) in [6.07, 6.45) is 8.14. The number of hydrogen-bond acceptors (Lipinski definition) is 6. The molecule has 0 radical (unpaired) electrons. The topological polar surface area (TPSA) is 92.7 Å². The third-order valence-electron chi connectivity index (χ3n) is 5.73. The summed E-state index contributed by atoms with van der Waals surface area (Å²) in [5.41, 5.74) is 1.17. The molecule has 1 aromatic rings. The Kier molecular flexibility index (Phi) is 13.5. The molecule has 0 bridgehead atoms. The molecule has 0 saturated carbocycles. The fraction of sp³-hybridized carbons (Fsp3) is 0.679. The number of rotatable bonds is 16. The minimum absolute atomic E-state index is 0.110. The Labute approximate surface area is 205 Å². The second-order valence-electron chi connectivity index (χ2n) is 10.1. The van der Waals surface area contributed by atoms with Crippen LogP contribution in [0.1, 0.15) is 104 Å². The molecule has 6 nitrogen and oxygen atoms in total. The van der Waals surface area contributed by atoms with Gasteiger partial charge in [-0.2, -0.15) is 0 Å². The highest BCUT2D eigenvalue weighted by Crippen LogP contribution is 2.24. The van der Waals surface area contributed by atoms with E-state index in [1.54, 1.807) is 0 Å². The highest BCUT2D eigenvalue weighted by molar-refractivity contribution is 5.72. The van der Waals surface area contributed by atoms with E-state index >= 15 is 0 Å². The second-order valence-corrected chi connectivity index (χ2v) is 10.1. The zero-order valence-corrected chi connectivity index (χ0v) is 21.7. The summed E-state index contributed by atoms with van der Waals surface area (Å²) in [4.78, 5) is 35.4. The molecule has 0 N–H and O–H groups in total. The Morgan fingerprint density at radius 1 is 0.912 bits per heavy atom. The van der Waals surface area contributed by atoms with Crippen molar-refractivity contribution in [3.63, 3.8) is 0 Å². The summed E-state index contributed by atoms with van der Waals surface area (Å²) < 4.78 is 11.2. The molecule has 0 amide bonds. The van der Waals surface area contributed by atoms with Crippen LogP contribution in [0.3, 0.4) is 0 Å². The zero-order chi connectivity index (χ0) is 25.6. The number of hydrogen-bond donors (Lipinski definition) is 0. The summed E-state index contributed by atoms with van der Waals surface area (Å²) in [5.74, 6) is -1.81. The molecular formula is C28H43O6-. The van der Waals surface area contributed by atoms with E-state index in [-0.39, 0.29) is 30.4 Å². The van der Waals surface area contributed by atoms with Gasteiger partial charge in [-0.15, -0.1) is 0 Å². The minimum atomic E-state index is -1.10. The Hall–Kier alpha value is -2.37. The first-order valence-electron chi connectivity index (χ1n) is 12.7. The lowest BCUT2D eigenvalue weighted by molar-refractivity contribution is -0.304. The highest BCUT2D eigenvalue weighted by atomic mass is 16.6. The second kappa shape index (κ2) is 15.5. The molecule has 0 aliphatic rings. The molecule has 1 aromatic carbocycles. The van der Waals surface area contributed by atoms with Crippen molar-refractivity contribution in [1.82, 2.24) is 0 Å². The molecule has 0 aliphatic carbocycles. The first kappa shape index (κ1) is 29.7. The fourth-order valence-corrected chi connectivity index (χ4v) is 4.14. The van der Waals surface area contributed by atoms with Crippen LogP contribution in [0.15, 0.2) is 24.3 Å². The van der Waals surface area contributed by atoms with Gasteiger partial charge in [0.15, 0.2) is 0 Å². The smallest absolute Gasteiger partial charge is 0.309 e. The van der Waals surface area contributed by atoms with Crippen LogP contribution >= 0.6 is 0 Å². The van der Waals surface area contributed by atoms with Crippen molar-refractivity contribution in [2.45, 2.75) is 117 Å². The van der Waals surface area contributed by atoms with Crippen LogP contribution in [0.25, 0.3) is 0 Å². The number of unbranched alkanes of at least 4 members (excludes halogenated alkanes) is 2. The van der Waals surface area contributed by atoms with E-state index < -0.39 is 11.6 Å². The molecule has 1 rings (SSSR count). The Bertz CT molecular complexity index is 764. The predicted molar refractivity (Wildman–Crippen MR) is 131 cm³/mol. The lowest BCUT2D eigenvalue weighted by Gasteiger charge is -2.25. The van der Waals surface area contributed by atoms with Crippen molar-refractivity contribution in [3.05, 3.63) is 35.4 Å². The van der Waals surface area contributed by atoms with Gasteiger partial charge in [0, 0.05) is 19.3 Å². The molecule has 6 heteroatoms. The van der Waals surface area contributed by atoms with Gasteiger partial charge in [0.25, 0.3) is 0 Å². The molecule has 0 fully saturated rings. The van der Waals surface area contributed by atoms with Gasteiger partial charge in [0.05, 0.1) is 5.92 Å². The fourth-order valence-electron chi connectivity index (χ4n) is 4.14. The number of benzene rings is 1. The van der Waals surface area contributed by atoms with Crippen LogP contribution < -0.4 is 5.11 Å². The van der Waals surface area contributed by atoms with E-state index in [2.05, 4.69) is 6.92 Å². The molecule has 0 aromatic heterocycles. The number of carbonyl (C=O) groups is 3. The molecule has 0 spiro atoms. The number of ether oxygens (including phenoxy) is 2. The first-order chi connectivity index (χ1) is 16.0. The van der Waals surface area contributed by atoms with Gasteiger partial charge in [-0.05, 0) is 83.3 Å². The van der Waals surface area contributed by atoms with Crippen LogP contribution in [-0.4, -0.2) is 29.6 Å². The largest absolute Gasteiger partial charge is 0.550 e. The lowest BCUT2D eigenvalue weighted by Crippen LogP contribution is -2.29. The Balaban J connectivity index is 2.73. The molecule has 34 heavy (non-hydrogen) atoms.